The number of benzene rings is 1. The van der Waals surface area contributed by atoms with Crippen molar-refractivity contribution in [2.75, 3.05) is 38.0 Å². The molecule has 0 unspecified atom stereocenters. The maximum Gasteiger partial charge on any atom is 0.243 e. The van der Waals surface area contributed by atoms with Gasteiger partial charge in [-0.05, 0) is 12.8 Å². The zero-order valence-corrected chi connectivity index (χ0v) is 15.7. The Bertz CT molecular complexity index is 789. The molecule has 3 rings (SSSR count). The number of carbonyl (C=O) groups is 1. The SMILES string of the molecule is COc1cc(NC(=O)CN(C)c2cc(Cl)nc(C3CC3)n2)cc(OC)c1. The molecule has 0 saturated heterocycles. The lowest BCUT2D eigenvalue weighted by Crippen LogP contribution is -2.30. The number of carbonyl (C=O) groups excluding carboxylic acids is 1. The Morgan fingerprint density at radius 3 is 2.42 bits per heavy atom. The van der Waals surface area contributed by atoms with Gasteiger partial charge in [-0.25, -0.2) is 9.97 Å². The molecule has 0 spiro atoms. The Kier molecular flexibility index (Phi) is 5.46. The number of hydrogen-bond donors (Lipinski definition) is 1. The molecular weight excluding hydrogens is 356 g/mol. The summed E-state index contributed by atoms with van der Waals surface area (Å²) < 4.78 is 10.4. The minimum absolute atomic E-state index is 0.122. The van der Waals surface area contributed by atoms with Crippen molar-refractivity contribution in [1.82, 2.24) is 9.97 Å². The van der Waals surface area contributed by atoms with E-state index in [1.165, 1.54) is 0 Å². The summed E-state index contributed by atoms with van der Waals surface area (Å²) in [6.45, 7) is 0.122. The van der Waals surface area contributed by atoms with E-state index >= 15 is 0 Å². The van der Waals surface area contributed by atoms with E-state index in [0.29, 0.717) is 34.1 Å². The molecule has 1 aromatic heterocycles. The highest BCUT2D eigenvalue weighted by molar-refractivity contribution is 6.29. The number of nitrogens with zero attached hydrogens (tertiary/aromatic N) is 3. The van der Waals surface area contributed by atoms with Crippen LogP contribution in [-0.2, 0) is 4.79 Å². The fourth-order valence-electron chi connectivity index (χ4n) is 2.52. The van der Waals surface area contributed by atoms with Crippen molar-refractivity contribution in [3.8, 4) is 11.5 Å². The zero-order chi connectivity index (χ0) is 18.7. The quantitative estimate of drug-likeness (QED) is 0.748. The normalized spacial score (nSPS) is 13.2. The molecule has 1 amide bonds. The molecule has 8 heteroatoms. The van der Waals surface area contributed by atoms with Crippen LogP contribution < -0.4 is 19.7 Å². The van der Waals surface area contributed by atoms with Gasteiger partial charge in [0.2, 0.25) is 5.91 Å². The summed E-state index contributed by atoms with van der Waals surface area (Å²) >= 11 is 6.09. The van der Waals surface area contributed by atoms with Crippen molar-refractivity contribution in [2.45, 2.75) is 18.8 Å². The highest BCUT2D eigenvalue weighted by Gasteiger charge is 2.27. The third-order valence-electron chi connectivity index (χ3n) is 4.05. The Balaban J connectivity index is 1.68. The zero-order valence-electron chi connectivity index (χ0n) is 15.0. The van der Waals surface area contributed by atoms with Crippen molar-refractivity contribution in [1.29, 1.82) is 0 Å². The van der Waals surface area contributed by atoms with Gasteiger partial charge in [-0.1, -0.05) is 11.6 Å². The molecule has 1 aliphatic rings. The molecule has 1 heterocycles. The average Bonchev–Trinajstić information content (AvgIpc) is 3.45. The summed E-state index contributed by atoms with van der Waals surface area (Å²) in [5.41, 5.74) is 0.596. The topological polar surface area (TPSA) is 76.6 Å². The predicted molar refractivity (Wildman–Crippen MR) is 100 cm³/mol. The van der Waals surface area contributed by atoms with Gasteiger partial charge >= 0.3 is 0 Å². The highest BCUT2D eigenvalue weighted by Crippen LogP contribution is 2.39. The molecule has 7 nitrogen and oxygen atoms in total. The number of nitrogens with one attached hydrogen (secondary N) is 1. The fraction of sp³-hybridized carbons (Fsp3) is 0.389. The van der Waals surface area contributed by atoms with Crippen molar-refractivity contribution >= 4 is 29.0 Å². The molecule has 1 N–H and O–H groups in total. The van der Waals surface area contributed by atoms with E-state index in [2.05, 4.69) is 15.3 Å². The Morgan fingerprint density at radius 1 is 1.19 bits per heavy atom. The van der Waals surface area contributed by atoms with Crippen LogP contribution in [0, 0.1) is 0 Å². The first-order chi connectivity index (χ1) is 12.5. The second-order valence-electron chi connectivity index (χ2n) is 6.19. The van der Waals surface area contributed by atoms with Crippen molar-refractivity contribution in [3.05, 3.63) is 35.2 Å². The second-order valence-corrected chi connectivity index (χ2v) is 6.57. The fourth-order valence-corrected chi connectivity index (χ4v) is 2.70. The van der Waals surface area contributed by atoms with Crippen LogP contribution in [0.4, 0.5) is 11.5 Å². The van der Waals surface area contributed by atoms with Crippen LogP contribution >= 0.6 is 11.6 Å². The van der Waals surface area contributed by atoms with Gasteiger partial charge in [-0.2, -0.15) is 0 Å². The van der Waals surface area contributed by atoms with Gasteiger partial charge in [0.15, 0.2) is 0 Å². The number of methoxy groups -OCH3 is 2. The van der Waals surface area contributed by atoms with Crippen LogP contribution in [0.5, 0.6) is 11.5 Å². The molecule has 1 fully saturated rings. The van der Waals surface area contributed by atoms with Crippen LogP contribution in [0.2, 0.25) is 5.15 Å². The minimum Gasteiger partial charge on any atom is -0.497 e. The van der Waals surface area contributed by atoms with E-state index in [1.54, 1.807) is 50.4 Å². The van der Waals surface area contributed by atoms with Crippen molar-refractivity contribution in [2.24, 2.45) is 0 Å². The summed E-state index contributed by atoms with van der Waals surface area (Å²) in [4.78, 5) is 22.9. The first-order valence-corrected chi connectivity index (χ1v) is 8.65. The number of ether oxygens (including phenoxy) is 2. The molecule has 138 valence electrons. The number of aromatic nitrogens is 2. The van der Waals surface area contributed by atoms with Gasteiger partial charge in [-0.15, -0.1) is 0 Å². The molecule has 1 aromatic carbocycles. The molecule has 26 heavy (non-hydrogen) atoms. The molecule has 0 bridgehead atoms. The van der Waals surface area contributed by atoms with Crippen LogP contribution in [0.3, 0.4) is 0 Å². The Labute approximate surface area is 157 Å². The van der Waals surface area contributed by atoms with Gasteiger partial charge < -0.3 is 19.7 Å². The molecule has 0 aliphatic heterocycles. The number of rotatable bonds is 7. The predicted octanol–water partition coefficient (Wildman–Crippen LogP) is 3.10. The smallest absolute Gasteiger partial charge is 0.243 e. The lowest BCUT2D eigenvalue weighted by molar-refractivity contribution is -0.114. The molecular formula is C18H21ClN4O3. The monoisotopic (exact) mass is 376 g/mol. The number of halogens is 1. The summed E-state index contributed by atoms with van der Waals surface area (Å²) in [5.74, 6) is 2.78. The van der Waals surface area contributed by atoms with E-state index in [1.807, 2.05) is 0 Å². The van der Waals surface area contributed by atoms with E-state index in [9.17, 15) is 4.79 Å². The standard InChI is InChI=1S/C18H21ClN4O3/c1-23(16-9-15(19)21-18(22-16)11-4-5-11)10-17(24)20-12-6-13(25-2)8-14(7-12)26-3/h6-9,11H,4-5,10H2,1-3H3,(H,20,24). The van der Waals surface area contributed by atoms with E-state index in [4.69, 9.17) is 21.1 Å². The summed E-state index contributed by atoms with van der Waals surface area (Å²) in [7, 11) is 4.91. The summed E-state index contributed by atoms with van der Waals surface area (Å²) in [6, 6.07) is 6.86. The largest absolute Gasteiger partial charge is 0.497 e. The van der Waals surface area contributed by atoms with Crippen LogP contribution in [0.25, 0.3) is 0 Å². The summed E-state index contributed by atoms with van der Waals surface area (Å²) in [5, 5.41) is 3.23. The first-order valence-electron chi connectivity index (χ1n) is 8.27. The van der Waals surface area contributed by atoms with Gasteiger partial charge in [0.25, 0.3) is 0 Å². The Hall–Kier alpha value is -2.54. The van der Waals surface area contributed by atoms with Crippen molar-refractivity contribution in [3.63, 3.8) is 0 Å². The van der Waals surface area contributed by atoms with Gasteiger partial charge in [0.05, 0.1) is 20.8 Å². The van der Waals surface area contributed by atoms with Crippen LogP contribution in [-0.4, -0.2) is 43.7 Å². The number of amides is 1. The maximum absolute atomic E-state index is 12.4. The van der Waals surface area contributed by atoms with Gasteiger partial charge in [0.1, 0.15) is 28.3 Å². The van der Waals surface area contributed by atoms with Crippen molar-refractivity contribution < 1.29 is 14.3 Å². The molecule has 1 aliphatic carbocycles. The van der Waals surface area contributed by atoms with Crippen LogP contribution in [0.1, 0.15) is 24.6 Å². The van der Waals surface area contributed by atoms with E-state index < -0.39 is 0 Å². The summed E-state index contributed by atoms with van der Waals surface area (Å²) in [6.07, 6.45) is 2.17. The molecule has 0 atom stereocenters. The minimum atomic E-state index is -0.189. The number of anilines is 2. The molecule has 0 radical (unpaired) electrons. The lowest BCUT2D eigenvalue weighted by Gasteiger charge is -2.19. The number of hydrogen-bond acceptors (Lipinski definition) is 6. The lowest BCUT2D eigenvalue weighted by atomic mass is 10.2. The first kappa shape index (κ1) is 18.3. The van der Waals surface area contributed by atoms with Crippen LogP contribution in [0.15, 0.2) is 24.3 Å². The molecule has 1 saturated carbocycles. The number of likely N-dealkylation sites (N-methyl/N-ethyl adjacent to an activating group) is 1. The third kappa shape index (κ3) is 4.54. The molecule has 2 aromatic rings. The Morgan fingerprint density at radius 2 is 1.85 bits per heavy atom. The maximum atomic E-state index is 12.4. The van der Waals surface area contributed by atoms with E-state index in [-0.39, 0.29) is 12.5 Å². The van der Waals surface area contributed by atoms with Gasteiger partial charge in [0, 0.05) is 42.9 Å². The van der Waals surface area contributed by atoms with Gasteiger partial charge in [-0.3, -0.25) is 4.79 Å². The highest BCUT2D eigenvalue weighted by atomic mass is 35.5. The third-order valence-corrected chi connectivity index (χ3v) is 4.24. The van der Waals surface area contributed by atoms with E-state index in [0.717, 1.165) is 18.7 Å². The second kappa shape index (κ2) is 7.78. The average molecular weight is 377 g/mol.